The molecule has 0 bridgehead atoms. The molecule has 0 saturated heterocycles. The summed E-state index contributed by atoms with van der Waals surface area (Å²) in [7, 11) is 1.82. The Morgan fingerprint density at radius 1 is 1.22 bits per heavy atom. The number of aromatic nitrogens is 1. The standard InChI is InChI=1S/C17H33N5S/c1-13(2)22(14(3)4)11-7-9-19-17(18-6)20-10-8-16-12-23-15(5)21-16/h12-14H,7-11H2,1-6H3,(H2,18,19,20). The van der Waals surface area contributed by atoms with Crippen LogP contribution in [0.5, 0.6) is 0 Å². The second-order valence-corrected chi connectivity index (χ2v) is 7.37. The van der Waals surface area contributed by atoms with Gasteiger partial charge in [0.25, 0.3) is 0 Å². The maximum absolute atomic E-state index is 4.47. The molecule has 0 radical (unpaired) electrons. The Hall–Kier alpha value is -1.14. The minimum atomic E-state index is 0.592. The van der Waals surface area contributed by atoms with Crippen LogP contribution in [0, 0.1) is 6.92 Å². The van der Waals surface area contributed by atoms with Crippen LogP contribution in [0.1, 0.15) is 44.8 Å². The molecule has 1 heterocycles. The van der Waals surface area contributed by atoms with Crippen LogP contribution in [-0.2, 0) is 6.42 Å². The monoisotopic (exact) mass is 339 g/mol. The summed E-state index contributed by atoms with van der Waals surface area (Å²) in [6.07, 6.45) is 2.04. The van der Waals surface area contributed by atoms with E-state index in [4.69, 9.17) is 0 Å². The zero-order valence-corrected chi connectivity index (χ0v) is 16.3. The van der Waals surface area contributed by atoms with Gasteiger partial charge in [-0.1, -0.05) is 0 Å². The van der Waals surface area contributed by atoms with E-state index >= 15 is 0 Å². The fraction of sp³-hybridized carbons (Fsp3) is 0.765. The Bertz CT molecular complexity index is 459. The van der Waals surface area contributed by atoms with Gasteiger partial charge in [-0.15, -0.1) is 11.3 Å². The molecule has 23 heavy (non-hydrogen) atoms. The molecule has 132 valence electrons. The number of aryl methyl sites for hydroxylation is 1. The van der Waals surface area contributed by atoms with Crippen LogP contribution in [0.15, 0.2) is 10.4 Å². The third kappa shape index (κ3) is 7.79. The smallest absolute Gasteiger partial charge is 0.190 e. The molecule has 2 N–H and O–H groups in total. The van der Waals surface area contributed by atoms with Gasteiger partial charge in [0.15, 0.2) is 5.96 Å². The lowest BCUT2D eigenvalue weighted by molar-refractivity contribution is 0.173. The van der Waals surface area contributed by atoms with Crippen molar-refractivity contribution < 1.29 is 0 Å². The molecule has 0 saturated carbocycles. The highest BCUT2D eigenvalue weighted by Crippen LogP contribution is 2.07. The fourth-order valence-corrected chi connectivity index (χ4v) is 3.28. The first kappa shape index (κ1) is 19.9. The second kappa shape index (κ2) is 10.6. The van der Waals surface area contributed by atoms with Gasteiger partial charge >= 0.3 is 0 Å². The van der Waals surface area contributed by atoms with Gasteiger partial charge in [-0.2, -0.15) is 0 Å². The summed E-state index contributed by atoms with van der Waals surface area (Å²) in [5, 5.41) is 9.99. The van der Waals surface area contributed by atoms with Crippen molar-refractivity contribution in [2.75, 3.05) is 26.7 Å². The van der Waals surface area contributed by atoms with Gasteiger partial charge in [-0.05, 0) is 41.0 Å². The third-order valence-electron chi connectivity index (χ3n) is 3.78. The highest BCUT2D eigenvalue weighted by molar-refractivity contribution is 7.09. The summed E-state index contributed by atoms with van der Waals surface area (Å²) in [6.45, 7) is 14.0. The molecule has 1 aromatic heterocycles. The molecule has 0 unspecified atom stereocenters. The van der Waals surface area contributed by atoms with Gasteiger partial charge in [0.1, 0.15) is 0 Å². The largest absolute Gasteiger partial charge is 0.356 e. The summed E-state index contributed by atoms with van der Waals surface area (Å²) in [5.41, 5.74) is 1.15. The molecule has 5 nitrogen and oxygen atoms in total. The van der Waals surface area contributed by atoms with E-state index in [1.807, 2.05) is 14.0 Å². The van der Waals surface area contributed by atoms with E-state index in [1.165, 1.54) is 0 Å². The van der Waals surface area contributed by atoms with Crippen LogP contribution in [0.25, 0.3) is 0 Å². The van der Waals surface area contributed by atoms with Crippen LogP contribution in [0.3, 0.4) is 0 Å². The minimum absolute atomic E-state index is 0.592. The van der Waals surface area contributed by atoms with Gasteiger partial charge in [0.05, 0.1) is 10.7 Å². The van der Waals surface area contributed by atoms with E-state index in [0.29, 0.717) is 12.1 Å². The number of rotatable bonds is 9. The molecule has 6 heteroatoms. The Morgan fingerprint density at radius 2 is 1.87 bits per heavy atom. The number of hydrogen-bond donors (Lipinski definition) is 2. The normalized spacial score (nSPS) is 12.5. The summed E-state index contributed by atoms with van der Waals surface area (Å²) >= 11 is 1.70. The summed E-state index contributed by atoms with van der Waals surface area (Å²) in [5.74, 6) is 0.873. The maximum atomic E-state index is 4.47. The predicted octanol–water partition coefficient (Wildman–Crippen LogP) is 2.67. The van der Waals surface area contributed by atoms with E-state index in [0.717, 1.165) is 49.1 Å². The molecule has 1 rings (SSSR count). The van der Waals surface area contributed by atoms with Gasteiger partial charge in [-0.25, -0.2) is 4.98 Å². The maximum Gasteiger partial charge on any atom is 0.190 e. The molecule has 0 aliphatic carbocycles. The first-order chi connectivity index (χ1) is 10.9. The molecular formula is C17H33N5S. The first-order valence-electron chi connectivity index (χ1n) is 8.55. The number of thiazole rings is 1. The van der Waals surface area contributed by atoms with E-state index in [2.05, 4.69) is 58.6 Å². The fourth-order valence-electron chi connectivity index (χ4n) is 2.63. The van der Waals surface area contributed by atoms with Crippen molar-refractivity contribution >= 4 is 17.3 Å². The third-order valence-corrected chi connectivity index (χ3v) is 4.60. The second-order valence-electron chi connectivity index (χ2n) is 6.31. The summed E-state index contributed by atoms with van der Waals surface area (Å²) in [6, 6.07) is 1.18. The van der Waals surface area contributed by atoms with Crippen LogP contribution < -0.4 is 10.6 Å². The Labute approximate surface area is 145 Å². The van der Waals surface area contributed by atoms with Crippen LogP contribution >= 0.6 is 11.3 Å². The Morgan fingerprint density at radius 3 is 2.39 bits per heavy atom. The minimum Gasteiger partial charge on any atom is -0.356 e. The molecule has 0 amide bonds. The molecule has 0 spiro atoms. The molecule has 1 aromatic rings. The lowest BCUT2D eigenvalue weighted by Gasteiger charge is -2.30. The highest BCUT2D eigenvalue weighted by Gasteiger charge is 2.12. The van der Waals surface area contributed by atoms with Gasteiger partial charge in [0, 0.05) is 50.6 Å². The van der Waals surface area contributed by atoms with Crippen LogP contribution in [-0.4, -0.2) is 54.6 Å². The Balaban J connectivity index is 2.21. The lowest BCUT2D eigenvalue weighted by atomic mass is 10.2. The van der Waals surface area contributed by atoms with E-state index in [-0.39, 0.29) is 0 Å². The number of nitrogens with zero attached hydrogens (tertiary/aromatic N) is 3. The summed E-state index contributed by atoms with van der Waals surface area (Å²) < 4.78 is 0. The number of guanidine groups is 1. The van der Waals surface area contributed by atoms with E-state index in [1.54, 1.807) is 11.3 Å². The quantitative estimate of drug-likeness (QED) is 0.413. The van der Waals surface area contributed by atoms with Crippen molar-refractivity contribution in [2.45, 2.75) is 59.5 Å². The number of hydrogen-bond acceptors (Lipinski definition) is 4. The molecule has 0 aliphatic rings. The zero-order valence-electron chi connectivity index (χ0n) is 15.5. The predicted molar refractivity (Wildman–Crippen MR) is 102 cm³/mol. The molecule has 0 atom stereocenters. The van der Waals surface area contributed by atoms with Gasteiger partial charge < -0.3 is 10.6 Å². The topological polar surface area (TPSA) is 52.6 Å². The van der Waals surface area contributed by atoms with Crippen LogP contribution in [0.2, 0.25) is 0 Å². The van der Waals surface area contributed by atoms with Crippen molar-refractivity contribution in [3.63, 3.8) is 0 Å². The van der Waals surface area contributed by atoms with Crippen molar-refractivity contribution in [2.24, 2.45) is 4.99 Å². The number of aliphatic imine (C=N–C) groups is 1. The Kier molecular flexibility index (Phi) is 9.17. The average Bonchev–Trinajstić information content (AvgIpc) is 2.89. The lowest BCUT2D eigenvalue weighted by Crippen LogP contribution is -2.41. The van der Waals surface area contributed by atoms with E-state index < -0.39 is 0 Å². The van der Waals surface area contributed by atoms with Crippen molar-refractivity contribution in [3.05, 3.63) is 16.1 Å². The molecule has 0 aliphatic heterocycles. The SMILES string of the molecule is CN=C(NCCCN(C(C)C)C(C)C)NCCc1csc(C)n1. The molecule has 0 aromatic carbocycles. The van der Waals surface area contributed by atoms with Gasteiger partial charge in [-0.3, -0.25) is 9.89 Å². The van der Waals surface area contributed by atoms with Crippen molar-refractivity contribution in [1.82, 2.24) is 20.5 Å². The summed E-state index contributed by atoms with van der Waals surface area (Å²) in [4.78, 5) is 11.3. The molecular weight excluding hydrogens is 306 g/mol. The van der Waals surface area contributed by atoms with Crippen molar-refractivity contribution in [1.29, 1.82) is 0 Å². The van der Waals surface area contributed by atoms with Gasteiger partial charge in [0.2, 0.25) is 0 Å². The van der Waals surface area contributed by atoms with E-state index in [9.17, 15) is 0 Å². The highest BCUT2D eigenvalue weighted by atomic mass is 32.1. The molecule has 0 fully saturated rings. The first-order valence-corrected chi connectivity index (χ1v) is 9.43. The van der Waals surface area contributed by atoms with Crippen molar-refractivity contribution in [3.8, 4) is 0 Å². The van der Waals surface area contributed by atoms with Crippen LogP contribution in [0.4, 0.5) is 0 Å². The average molecular weight is 340 g/mol. The number of nitrogens with one attached hydrogen (secondary N) is 2. The zero-order chi connectivity index (χ0) is 17.2.